The Hall–Kier alpha value is -10.8. The second-order valence-electron chi connectivity index (χ2n) is 21.7. The Morgan fingerprint density at radius 3 is 1.41 bits per heavy atom. The summed E-state index contributed by atoms with van der Waals surface area (Å²) in [6.45, 7) is 0. The van der Waals surface area contributed by atoms with E-state index in [1.54, 1.807) is 0 Å². The maximum absolute atomic E-state index is 13.3. The van der Waals surface area contributed by atoms with Crippen LogP contribution in [0.2, 0.25) is 0 Å². The van der Waals surface area contributed by atoms with E-state index in [9.17, 15) is 102 Å². The molecular formula is C60H46O26. The van der Waals surface area contributed by atoms with Crippen LogP contribution in [-0.2, 0) is 18.0 Å². The highest BCUT2D eigenvalue weighted by molar-refractivity contribution is 5.75. The van der Waals surface area contributed by atoms with E-state index < -0.39 is 198 Å². The molecule has 26 nitrogen and oxygen atoms in total. The van der Waals surface area contributed by atoms with Gasteiger partial charge in [0, 0.05) is 92.4 Å². The molecule has 11 unspecified atom stereocenters. The lowest BCUT2D eigenvalue weighted by atomic mass is 9.69. The van der Waals surface area contributed by atoms with Crippen molar-refractivity contribution in [1.29, 1.82) is 0 Å². The fraction of sp³-hybridized carbons (Fsp3) is 0.200. The van der Waals surface area contributed by atoms with Crippen molar-refractivity contribution in [2.45, 2.75) is 72.4 Å². The Morgan fingerprint density at radius 1 is 0.337 bits per heavy atom. The molecule has 0 aromatic heterocycles. The molecule has 6 aliphatic rings. The van der Waals surface area contributed by atoms with E-state index in [-0.39, 0.29) is 62.4 Å². The Bertz CT molecular complexity index is 4250. The first-order valence-corrected chi connectivity index (χ1v) is 26.1. The van der Waals surface area contributed by atoms with Crippen LogP contribution < -0.4 is 28.4 Å². The van der Waals surface area contributed by atoms with Crippen LogP contribution in [-0.4, -0.2) is 127 Å². The summed E-state index contributed by atoms with van der Waals surface area (Å²) in [6.07, 6.45) is -11.5. The van der Waals surface area contributed by atoms with E-state index >= 15 is 0 Å². The number of phenols is 16. The first-order chi connectivity index (χ1) is 40.8. The van der Waals surface area contributed by atoms with Gasteiger partial charge in [-0.3, -0.25) is 0 Å². The molecule has 0 fully saturated rings. The Labute approximate surface area is 480 Å². The van der Waals surface area contributed by atoms with E-state index in [1.807, 2.05) is 0 Å². The Kier molecular flexibility index (Phi) is 11.1. The molecule has 0 saturated heterocycles. The lowest BCUT2D eigenvalue weighted by Gasteiger charge is -2.54. The number of fused-ring (bicyclic) bond motifs is 16. The topological polar surface area (TPSA) is 460 Å². The molecule has 8 aromatic carbocycles. The lowest BCUT2D eigenvalue weighted by molar-refractivity contribution is -0.228. The van der Waals surface area contributed by atoms with Crippen molar-refractivity contribution in [3.63, 3.8) is 0 Å². The van der Waals surface area contributed by atoms with Crippen molar-refractivity contribution in [2.24, 2.45) is 0 Å². The third-order valence-electron chi connectivity index (χ3n) is 16.9. The number of phenolic OH excluding ortho intramolecular Hbond substituents is 16. The second kappa shape index (κ2) is 17.9. The average molecular weight is 1180 g/mol. The van der Waals surface area contributed by atoms with Crippen molar-refractivity contribution in [3.05, 3.63) is 152 Å². The smallest absolute Gasteiger partial charge is 0.305 e. The molecule has 0 saturated carbocycles. The zero-order chi connectivity index (χ0) is 60.8. The minimum Gasteiger partial charge on any atom is -0.508 e. The fourth-order valence-corrected chi connectivity index (χ4v) is 13.1. The van der Waals surface area contributed by atoms with E-state index in [1.165, 1.54) is 12.1 Å². The maximum Gasteiger partial charge on any atom is 0.305 e. The summed E-state index contributed by atoms with van der Waals surface area (Å²) < 4.78 is 39.6. The van der Waals surface area contributed by atoms with E-state index in [0.717, 1.165) is 78.9 Å². The predicted molar refractivity (Wildman–Crippen MR) is 284 cm³/mol. The third-order valence-corrected chi connectivity index (χ3v) is 16.9. The van der Waals surface area contributed by atoms with Crippen LogP contribution in [0.15, 0.2) is 91.0 Å². The standard InChI is InChI=1S/C60H46O26/c61-21-11-28(67)40-37(12-21)81-53(18-6-32(71)49(76)33(72)7-18)51(78)46(40)41-29(68)14-30(69)42-48-45-39(84-60(58(48)80,85-55(41)42)20-9-34(73)50(77)35(74)10-20)16-31(70)43-47-44-38(83-59(57(47)79,86-56(43)45)19-2-4-24(63)27(66)8-19)15-25(64)22-13-36(75)52(82-54(22)44)17-1-3-23(62)26(65)5-17/h1-12,14-16,36,46-48,51-53,57-58,61-80H,13H2. The summed E-state index contributed by atoms with van der Waals surface area (Å²) in [6, 6.07) is 14.9. The van der Waals surface area contributed by atoms with Gasteiger partial charge in [0.05, 0.1) is 23.9 Å². The van der Waals surface area contributed by atoms with E-state index in [0.29, 0.717) is 0 Å². The number of ether oxygens (including phenoxy) is 6. The molecule has 6 aliphatic heterocycles. The molecule has 0 aliphatic carbocycles. The van der Waals surface area contributed by atoms with E-state index in [2.05, 4.69) is 0 Å². The number of rotatable bonds is 5. The molecule has 6 heterocycles. The summed E-state index contributed by atoms with van der Waals surface area (Å²) >= 11 is 0. The summed E-state index contributed by atoms with van der Waals surface area (Å²) in [5.74, 6) is -26.7. The first kappa shape index (κ1) is 53.2. The van der Waals surface area contributed by atoms with Crippen molar-refractivity contribution in [2.75, 3.05) is 0 Å². The molecule has 4 bridgehead atoms. The maximum atomic E-state index is 13.3. The van der Waals surface area contributed by atoms with Crippen molar-refractivity contribution < 1.29 is 131 Å². The first-order valence-electron chi connectivity index (χ1n) is 26.1. The monoisotopic (exact) mass is 1180 g/mol. The summed E-state index contributed by atoms with van der Waals surface area (Å²) in [5, 5.41) is 229. The van der Waals surface area contributed by atoms with Gasteiger partial charge >= 0.3 is 11.6 Å². The summed E-state index contributed by atoms with van der Waals surface area (Å²) in [5.41, 5.74) is -3.28. The van der Waals surface area contributed by atoms with Gasteiger partial charge in [-0.1, -0.05) is 6.07 Å². The highest BCUT2D eigenvalue weighted by atomic mass is 16.7. The largest absolute Gasteiger partial charge is 0.508 e. The molecule has 20 N–H and O–H groups in total. The molecule has 0 radical (unpaired) electrons. The van der Waals surface area contributed by atoms with Gasteiger partial charge in [-0.15, -0.1) is 0 Å². The highest BCUT2D eigenvalue weighted by Gasteiger charge is 2.66. The van der Waals surface area contributed by atoms with Gasteiger partial charge < -0.3 is 131 Å². The zero-order valence-electron chi connectivity index (χ0n) is 43.5. The van der Waals surface area contributed by atoms with Gasteiger partial charge in [0.15, 0.2) is 63.6 Å². The van der Waals surface area contributed by atoms with Crippen LogP contribution >= 0.6 is 0 Å². The fourth-order valence-electron chi connectivity index (χ4n) is 13.1. The minimum absolute atomic E-state index is 0.0505. The van der Waals surface area contributed by atoms with Crippen LogP contribution in [0.25, 0.3) is 0 Å². The van der Waals surface area contributed by atoms with Gasteiger partial charge in [0.25, 0.3) is 0 Å². The van der Waals surface area contributed by atoms with Crippen molar-refractivity contribution in [3.8, 4) is 126 Å². The minimum atomic E-state index is -2.91. The Balaban J connectivity index is 1.05. The molecule has 8 aromatic rings. The molecule has 0 spiro atoms. The van der Waals surface area contributed by atoms with Gasteiger partial charge in [-0.2, -0.15) is 0 Å². The van der Waals surface area contributed by atoms with Crippen molar-refractivity contribution in [1.82, 2.24) is 0 Å². The highest BCUT2D eigenvalue weighted by Crippen LogP contribution is 2.70. The lowest BCUT2D eigenvalue weighted by Crippen LogP contribution is -2.60. The quantitative estimate of drug-likeness (QED) is 0.102. The molecule has 442 valence electrons. The van der Waals surface area contributed by atoms with Gasteiger partial charge in [0.2, 0.25) is 0 Å². The van der Waals surface area contributed by atoms with Crippen LogP contribution in [0, 0.1) is 0 Å². The zero-order valence-corrected chi connectivity index (χ0v) is 43.5. The van der Waals surface area contributed by atoms with Crippen LogP contribution in [0.3, 0.4) is 0 Å². The average Bonchev–Trinajstić information content (AvgIpc) is 0.685. The molecular weight excluding hydrogens is 1140 g/mol. The Morgan fingerprint density at radius 2 is 0.814 bits per heavy atom. The number of benzene rings is 8. The van der Waals surface area contributed by atoms with Crippen LogP contribution in [0.5, 0.6) is 126 Å². The molecule has 26 heteroatoms. The predicted octanol–water partition coefficient (Wildman–Crippen LogP) is 4.90. The number of aliphatic hydroxyl groups is 4. The van der Waals surface area contributed by atoms with Crippen LogP contribution in [0.4, 0.5) is 0 Å². The van der Waals surface area contributed by atoms with Gasteiger partial charge in [-0.05, 0) is 60.2 Å². The molecule has 86 heavy (non-hydrogen) atoms. The SMILES string of the molecule is Oc1cc(O)c2c(c1)OC(c1cc(O)c(O)c(O)c1)C(O)C2c1c(O)cc(O)c2c1OC1(c3cc(O)c(O)c(O)c3)Oc3cc(O)c4c(c3C2C1O)OC1(c2ccc(O)c(O)c2)Oc2cc(O)c3c(c2C4C1O)OC(c1ccc(O)c(O)c1)C(O)C3. The van der Waals surface area contributed by atoms with E-state index in [4.69, 9.17) is 28.4 Å². The summed E-state index contributed by atoms with van der Waals surface area (Å²) in [4.78, 5) is 0. The summed E-state index contributed by atoms with van der Waals surface area (Å²) in [7, 11) is 0. The molecule has 11 atom stereocenters. The van der Waals surface area contributed by atoms with Crippen LogP contribution in [0.1, 0.15) is 91.2 Å². The van der Waals surface area contributed by atoms with Gasteiger partial charge in [0.1, 0.15) is 93.4 Å². The third kappa shape index (κ3) is 7.14. The van der Waals surface area contributed by atoms with Gasteiger partial charge in [-0.25, -0.2) is 0 Å². The molecule has 14 rings (SSSR count). The van der Waals surface area contributed by atoms with Crippen molar-refractivity contribution >= 4 is 0 Å². The number of aromatic hydroxyl groups is 16. The number of aliphatic hydroxyl groups excluding tert-OH is 4. The second-order valence-corrected chi connectivity index (χ2v) is 21.7. The number of hydrogen-bond donors (Lipinski definition) is 20. The molecule has 0 amide bonds. The number of hydrogen-bond acceptors (Lipinski definition) is 26. The normalized spacial score (nSPS) is 26.0.